The molecule has 1 aliphatic rings. The molecule has 5 heteroatoms. The van der Waals surface area contributed by atoms with Crippen LogP contribution in [0.1, 0.15) is 27.0 Å². The van der Waals surface area contributed by atoms with Crippen molar-refractivity contribution in [2.75, 3.05) is 16.8 Å². The number of urea groups is 1. The molecule has 146 valence electrons. The lowest BCUT2D eigenvalue weighted by molar-refractivity contribution is 0.0989. The van der Waals surface area contributed by atoms with E-state index in [9.17, 15) is 9.59 Å². The van der Waals surface area contributed by atoms with E-state index in [0.717, 1.165) is 17.7 Å². The third kappa shape index (κ3) is 4.29. The predicted molar refractivity (Wildman–Crippen MR) is 115 cm³/mol. The van der Waals surface area contributed by atoms with Gasteiger partial charge in [0.15, 0.2) is 0 Å². The molecule has 1 aliphatic heterocycles. The Morgan fingerprint density at radius 2 is 1.76 bits per heavy atom. The molecule has 0 aliphatic carbocycles. The van der Waals surface area contributed by atoms with Gasteiger partial charge in [-0.05, 0) is 48.7 Å². The highest BCUT2D eigenvalue weighted by Crippen LogP contribution is 2.29. The number of nitrogens with one attached hydrogen (secondary N) is 2. The minimum Gasteiger partial charge on any atom is -0.334 e. The van der Waals surface area contributed by atoms with Crippen molar-refractivity contribution in [3.8, 4) is 0 Å². The number of amides is 3. The fourth-order valence-electron chi connectivity index (χ4n) is 3.50. The number of carbonyl (C=O) groups excluding carboxylic acids is 2. The van der Waals surface area contributed by atoms with Crippen LogP contribution in [0.2, 0.25) is 0 Å². The highest BCUT2D eigenvalue weighted by Gasteiger charge is 2.25. The average Bonchev–Trinajstić information content (AvgIpc) is 3.17. The first-order valence-electron chi connectivity index (χ1n) is 9.70. The number of anilines is 2. The fourth-order valence-corrected chi connectivity index (χ4v) is 3.50. The van der Waals surface area contributed by atoms with Gasteiger partial charge in [-0.3, -0.25) is 4.79 Å². The van der Waals surface area contributed by atoms with Gasteiger partial charge in [-0.25, -0.2) is 4.79 Å². The summed E-state index contributed by atoms with van der Waals surface area (Å²) in [6, 6.07) is 22.7. The first-order chi connectivity index (χ1) is 14.1. The summed E-state index contributed by atoms with van der Waals surface area (Å²) in [4.78, 5) is 27.0. The SMILES string of the molecule is Cc1ccc(CNC(=O)Nc2cccc(C(=O)N3CCc4ccccc43)c2)cc1. The molecular formula is C24H23N3O2. The van der Waals surface area contributed by atoms with Crippen LogP contribution < -0.4 is 15.5 Å². The monoisotopic (exact) mass is 385 g/mol. The van der Waals surface area contributed by atoms with E-state index in [1.54, 1.807) is 29.2 Å². The zero-order chi connectivity index (χ0) is 20.2. The zero-order valence-corrected chi connectivity index (χ0v) is 16.3. The van der Waals surface area contributed by atoms with Gasteiger partial charge < -0.3 is 15.5 Å². The standard InChI is InChI=1S/C24H23N3O2/c1-17-9-11-18(12-10-17)16-25-24(29)26-21-7-4-6-20(15-21)23(28)27-14-13-19-5-2-3-8-22(19)27/h2-12,15H,13-14,16H2,1H3,(H2,25,26,29). The maximum atomic E-state index is 13.0. The topological polar surface area (TPSA) is 61.4 Å². The van der Waals surface area contributed by atoms with Gasteiger partial charge >= 0.3 is 6.03 Å². The van der Waals surface area contributed by atoms with Crippen molar-refractivity contribution < 1.29 is 9.59 Å². The molecule has 2 N–H and O–H groups in total. The number of benzene rings is 3. The molecule has 0 saturated carbocycles. The lowest BCUT2D eigenvalue weighted by Crippen LogP contribution is -2.30. The van der Waals surface area contributed by atoms with Crippen molar-refractivity contribution in [1.29, 1.82) is 0 Å². The fraction of sp³-hybridized carbons (Fsp3) is 0.167. The summed E-state index contributed by atoms with van der Waals surface area (Å²) in [5, 5.41) is 5.65. The number of rotatable bonds is 4. The third-order valence-corrected chi connectivity index (χ3v) is 5.07. The summed E-state index contributed by atoms with van der Waals surface area (Å²) < 4.78 is 0. The minimum atomic E-state index is -0.304. The molecule has 3 amide bonds. The van der Waals surface area contributed by atoms with Gasteiger partial charge in [-0.2, -0.15) is 0 Å². The molecule has 0 aromatic heterocycles. The number of carbonyl (C=O) groups is 2. The Bertz CT molecular complexity index is 1040. The third-order valence-electron chi connectivity index (χ3n) is 5.07. The smallest absolute Gasteiger partial charge is 0.319 e. The van der Waals surface area contributed by atoms with Crippen LogP contribution >= 0.6 is 0 Å². The molecule has 0 bridgehead atoms. The summed E-state index contributed by atoms with van der Waals surface area (Å²) >= 11 is 0. The van der Waals surface area contributed by atoms with Crippen molar-refractivity contribution in [3.63, 3.8) is 0 Å². The van der Waals surface area contributed by atoms with Crippen LogP contribution in [0, 0.1) is 6.92 Å². The first kappa shape index (κ1) is 18.7. The Labute approximate surface area is 170 Å². The molecule has 0 spiro atoms. The van der Waals surface area contributed by atoms with Gasteiger partial charge in [-0.15, -0.1) is 0 Å². The van der Waals surface area contributed by atoms with Crippen molar-refractivity contribution >= 4 is 23.3 Å². The molecule has 0 fully saturated rings. The summed E-state index contributed by atoms with van der Waals surface area (Å²) in [6.07, 6.45) is 0.862. The lowest BCUT2D eigenvalue weighted by Gasteiger charge is -2.18. The largest absolute Gasteiger partial charge is 0.334 e. The van der Waals surface area contributed by atoms with E-state index in [2.05, 4.69) is 16.7 Å². The van der Waals surface area contributed by atoms with Crippen molar-refractivity contribution in [1.82, 2.24) is 5.32 Å². The number of nitrogens with zero attached hydrogens (tertiary/aromatic N) is 1. The highest BCUT2D eigenvalue weighted by molar-refractivity contribution is 6.08. The highest BCUT2D eigenvalue weighted by atomic mass is 16.2. The summed E-state index contributed by atoms with van der Waals surface area (Å²) in [5.74, 6) is -0.0568. The number of aryl methyl sites for hydroxylation is 1. The Morgan fingerprint density at radius 3 is 2.59 bits per heavy atom. The molecule has 0 saturated heterocycles. The Hall–Kier alpha value is -3.60. The van der Waals surface area contributed by atoms with Gasteiger partial charge in [0.25, 0.3) is 5.91 Å². The van der Waals surface area contributed by atoms with Gasteiger partial charge in [0.05, 0.1) is 0 Å². The quantitative estimate of drug-likeness (QED) is 0.694. The Morgan fingerprint density at radius 1 is 0.966 bits per heavy atom. The average molecular weight is 385 g/mol. The normalized spacial score (nSPS) is 12.4. The molecule has 3 aromatic rings. The van der Waals surface area contributed by atoms with Gasteiger partial charge in [-0.1, -0.05) is 54.1 Å². The van der Waals surface area contributed by atoms with Crippen LogP contribution in [0.4, 0.5) is 16.2 Å². The van der Waals surface area contributed by atoms with Crippen molar-refractivity contribution in [3.05, 3.63) is 95.1 Å². The molecule has 1 heterocycles. The molecular weight excluding hydrogens is 362 g/mol. The maximum Gasteiger partial charge on any atom is 0.319 e. The molecule has 3 aromatic carbocycles. The van der Waals surface area contributed by atoms with Crippen LogP contribution in [0.5, 0.6) is 0 Å². The molecule has 5 nitrogen and oxygen atoms in total. The summed E-state index contributed by atoms with van der Waals surface area (Å²) in [7, 11) is 0. The van der Waals surface area contributed by atoms with Crippen LogP contribution in [0.15, 0.2) is 72.8 Å². The zero-order valence-electron chi connectivity index (χ0n) is 16.3. The Balaban J connectivity index is 1.40. The molecule has 0 unspecified atom stereocenters. The van der Waals surface area contributed by atoms with Crippen molar-refractivity contribution in [2.45, 2.75) is 19.9 Å². The van der Waals surface area contributed by atoms with E-state index in [0.29, 0.717) is 24.3 Å². The lowest BCUT2D eigenvalue weighted by atomic mass is 10.1. The van der Waals surface area contributed by atoms with Gasteiger partial charge in [0.2, 0.25) is 0 Å². The van der Waals surface area contributed by atoms with E-state index < -0.39 is 0 Å². The second kappa shape index (κ2) is 8.19. The maximum absolute atomic E-state index is 13.0. The van der Waals surface area contributed by atoms with Gasteiger partial charge in [0.1, 0.15) is 0 Å². The van der Waals surface area contributed by atoms with Crippen LogP contribution in [-0.2, 0) is 13.0 Å². The second-order valence-corrected chi connectivity index (χ2v) is 7.21. The Kier molecular flexibility index (Phi) is 5.29. The molecule has 0 atom stereocenters. The van der Waals surface area contributed by atoms with E-state index >= 15 is 0 Å². The predicted octanol–water partition coefficient (Wildman–Crippen LogP) is 4.52. The van der Waals surface area contributed by atoms with E-state index in [1.165, 1.54) is 11.1 Å². The van der Waals surface area contributed by atoms with Crippen LogP contribution in [0.25, 0.3) is 0 Å². The number of para-hydroxylation sites is 1. The summed E-state index contributed by atoms with van der Waals surface area (Å²) in [5.41, 5.74) is 5.50. The second-order valence-electron chi connectivity index (χ2n) is 7.21. The van der Waals surface area contributed by atoms with Crippen LogP contribution in [0.3, 0.4) is 0 Å². The van der Waals surface area contributed by atoms with E-state index in [-0.39, 0.29) is 11.9 Å². The minimum absolute atomic E-state index is 0.0568. The molecule has 29 heavy (non-hydrogen) atoms. The number of hydrogen-bond acceptors (Lipinski definition) is 2. The number of hydrogen-bond donors (Lipinski definition) is 2. The van der Waals surface area contributed by atoms with E-state index in [1.807, 2.05) is 49.4 Å². The van der Waals surface area contributed by atoms with E-state index in [4.69, 9.17) is 0 Å². The molecule has 4 rings (SSSR count). The molecule has 0 radical (unpaired) electrons. The number of fused-ring (bicyclic) bond motifs is 1. The van der Waals surface area contributed by atoms with Gasteiger partial charge in [0, 0.05) is 30.0 Å². The summed E-state index contributed by atoms with van der Waals surface area (Å²) in [6.45, 7) is 3.14. The first-order valence-corrected chi connectivity index (χ1v) is 9.70. The van der Waals surface area contributed by atoms with Crippen molar-refractivity contribution in [2.24, 2.45) is 0 Å². The van der Waals surface area contributed by atoms with Crippen LogP contribution in [-0.4, -0.2) is 18.5 Å².